The van der Waals surface area contributed by atoms with Crippen molar-refractivity contribution in [3.8, 4) is 0 Å². The molecule has 0 saturated heterocycles. The number of sulfonamides is 1. The van der Waals surface area contributed by atoms with Crippen molar-refractivity contribution in [3.63, 3.8) is 0 Å². The van der Waals surface area contributed by atoms with Crippen molar-refractivity contribution in [3.05, 3.63) is 29.8 Å². The van der Waals surface area contributed by atoms with E-state index < -0.39 is 23.4 Å². The molecule has 1 N–H and O–H groups in total. The Hall–Kier alpha value is -1.02. The van der Waals surface area contributed by atoms with Gasteiger partial charge in [0, 0.05) is 0 Å². The van der Waals surface area contributed by atoms with Crippen LogP contribution in [0.1, 0.15) is 5.56 Å². The molecule has 1 aromatic rings. The molecule has 0 aliphatic carbocycles. The first-order valence-electron chi connectivity index (χ1n) is 4.48. The lowest BCUT2D eigenvalue weighted by Gasteiger charge is -2.14. The van der Waals surface area contributed by atoms with Gasteiger partial charge < -0.3 is 12.9 Å². The fourth-order valence-electron chi connectivity index (χ4n) is 1.00. The quantitative estimate of drug-likeness (QED) is 0.828. The van der Waals surface area contributed by atoms with E-state index in [-0.39, 0.29) is 4.90 Å². The minimum atomic E-state index is -5.16. The molecular formula is C8H10BF3NO2S-. The predicted molar refractivity (Wildman–Crippen MR) is 55.4 cm³/mol. The largest absolute Gasteiger partial charge is 0.492 e. The average molecular weight is 252 g/mol. The van der Waals surface area contributed by atoms with Gasteiger partial charge in [-0.15, -0.1) is 0 Å². The molecule has 0 heterocycles. The number of rotatable bonds is 4. The first-order chi connectivity index (χ1) is 7.21. The van der Waals surface area contributed by atoms with E-state index in [1.165, 1.54) is 29.0 Å². The predicted octanol–water partition coefficient (Wildman–Crippen LogP) is 1.66. The summed E-state index contributed by atoms with van der Waals surface area (Å²) in [5.74, 6) is 0. The minimum absolute atomic E-state index is 0.168. The van der Waals surface area contributed by atoms with Gasteiger partial charge in [0.05, 0.1) is 4.90 Å². The van der Waals surface area contributed by atoms with E-state index in [9.17, 15) is 21.4 Å². The summed E-state index contributed by atoms with van der Waals surface area (Å²) >= 11 is 0. The van der Waals surface area contributed by atoms with Crippen LogP contribution < -0.4 is 4.72 Å². The third-order valence-corrected chi connectivity index (χ3v) is 3.28. The highest BCUT2D eigenvalue weighted by molar-refractivity contribution is 7.89. The lowest BCUT2D eigenvalue weighted by atomic mass is 9.93. The monoisotopic (exact) mass is 252 g/mol. The Kier molecular flexibility index (Phi) is 3.64. The molecule has 0 radical (unpaired) electrons. The molecule has 0 aliphatic rings. The maximum atomic E-state index is 11.9. The number of aryl methyl sites for hydroxylation is 1. The fourth-order valence-corrected chi connectivity index (χ4v) is 2.07. The Morgan fingerprint density at radius 1 is 1.19 bits per heavy atom. The zero-order valence-electron chi connectivity index (χ0n) is 8.45. The second-order valence-corrected chi connectivity index (χ2v) is 5.14. The van der Waals surface area contributed by atoms with Gasteiger partial charge in [-0.3, -0.25) is 0 Å². The summed E-state index contributed by atoms with van der Waals surface area (Å²) in [5.41, 5.74) is 0.832. The maximum absolute atomic E-state index is 11.9. The summed E-state index contributed by atoms with van der Waals surface area (Å²) in [5, 5.41) is 0. The first kappa shape index (κ1) is 13.1. The van der Waals surface area contributed by atoms with Crippen molar-refractivity contribution in [1.82, 2.24) is 4.72 Å². The van der Waals surface area contributed by atoms with Gasteiger partial charge >= 0.3 is 6.98 Å². The highest BCUT2D eigenvalue weighted by Gasteiger charge is 2.26. The van der Waals surface area contributed by atoms with E-state index in [1.807, 2.05) is 0 Å². The van der Waals surface area contributed by atoms with Crippen LogP contribution in [-0.4, -0.2) is 21.8 Å². The summed E-state index contributed by atoms with van der Waals surface area (Å²) < 4.78 is 60.0. The minimum Gasteiger partial charge on any atom is -0.448 e. The molecule has 0 atom stereocenters. The summed E-state index contributed by atoms with van der Waals surface area (Å²) in [6.45, 7) is -3.41. The van der Waals surface area contributed by atoms with E-state index in [0.29, 0.717) is 0 Å². The summed E-state index contributed by atoms with van der Waals surface area (Å²) in [6, 6.07) is 5.57. The van der Waals surface area contributed by atoms with E-state index in [0.717, 1.165) is 5.56 Å². The lowest BCUT2D eigenvalue weighted by molar-refractivity contribution is 0.465. The second-order valence-electron chi connectivity index (χ2n) is 3.38. The van der Waals surface area contributed by atoms with Crippen molar-refractivity contribution in [2.75, 3.05) is 6.44 Å². The SMILES string of the molecule is Cc1ccc(S(=O)(=O)NC[B-](F)(F)F)cc1. The molecule has 16 heavy (non-hydrogen) atoms. The smallest absolute Gasteiger partial charge is 0.448 e. The molecule has 0 bridgehead atoms. The van der Waals surface area contributed by atoms with E-state index in [2.05, 4.69) is 0 Å². The zero-order valence-corrected chi connectivity index (χ0v) is 9.27. The molecule has 0 aromatic heterocycles. The van der Waals surface area contributed by atoms with Crippen molar-refractivity contribution >= 4 is 17.0 Å². The van der Waals surface area contributed by atoms with Gasteiger partial charge in [0.2, 0.25) is 10.0 Å². The number of halogens is 3. The average Bonchev–Trinajstić information content (AvgIpc) is 2.15. The molecule has 0 unspecified atom stereocenters. The number of hydrogen-bond acceptors (Lipinski definition) is 2. The second kappa shape index (κ2) is 4.46. The van der Waals surface area contributed by atoms with E-state index in [4.69, 9.17) is 0 Å². The fraction of sp³-hybridized carbons (Fsp3) is 0.250. The van der Waals surface area contributed by atoms with Gasteiger partial charge in [-0.25, -0.2) is 13.1 Å². The van der Waals surface area contributed by atoms with Gasteiger partial charge in [0.25, 0.3) is 0 Å². The molecule has 0 saturated carbocycles. The van der Waals surface area contributed by atoms with Crippen molar-refractivity contribution in [2.45, 2.75) is 11.8 Å². The van der Waals surface area contributed by atoms with E-state index in [1.54, 1.807) is 6.92 Å². The van der Waals surface area contributed by atoms with Gasteiger partial charge in [-0.1, -0.05) is 17.7 Å². The Morgan fingerprint density at radius 2 is 1.69 bits per heavy atom. The molecule has 90 valence electrons. The van der Waals surface area contributed by atoms with E-state index >= 15 is 0 Å². The van der Waals surface area contributed by atoms with Crippen LogP contribution >= 0.6 is 0 Å². The highest BCUT2D eigenvalue weighted by atomic mass is 32.2. The van der Waals surface area contributed by atoms with Crippen LogP contribution in [-0.2, 0) is 10.0 Å². The molecule has 0 fully saturated rings. The molecule has 1 aromatic carbocycles. The highest BCUT2D eigenvalue weighted by Crippen LogP contribution is 2.12. The van der Waals surface area contributed by atoms with Gasteiger partial charge in [0.1, 0.15) is 0 Å². The van der Waals surface area contributed by atoms with Crippen LogP contribution in [0.4, 0.5) is 12.9 Å². The summed E-state index contributed by atoms with van der Waals surface area (Å²) in [7, 11) is -4.06. The Morgan fingerprint density at radius 3 is 2.12 bits per heavy atom. The Bertz CT molecular complexity index is 455. The summed E-state index contributed by atoms with van der Waals surface area (Å²) in [6.07, 6.45) is -1.50. The number of benzene rings is 1. The Labute approximate surface area is 91.8 Å². The van der Waals surface area contributed by atoms with Crippen LogP contribution in [0.25, 0.3) is 0 Å². The first-order valence-corrected chi connectivity index (χ1v) is 5.96. The number of nitrogens with one attached hydrogen (secondary N) is 1. The third kappa shape index (κ3) is 3.86. The maximum Gasteiger partial charge on any atom is 0.492 e. The topological polar surface area (TPSA) is 46.2 Å². The molecule has 1 rings (SSSR count). The van der Waals surface area contributed by atoms with Crippen LogP contribution in [0, 0.1) is 6.92 Å². The lowest BCUT2D eigenvalue weighted by Crippen LogP contribution is -2.37. The normalized spacial score (nSPS) is 12.8. The van der Waals surface area contributed by atoms with Crippen molar-refractivity contribution < 1.29 is 21.4 Å². The third-order valence-electron chi connectivity index (χ3n) is 1.84. The molecule has 8 heteroatoms. The molecule has 0 amide bonds. The Balaban J connectivity index is 2.83. The van der Waals surface area contributed by atoms with Crippen LogP contribution in [0.5, 0.6) is 0 Å². The molecule has 0 aliphatic heterocycles. The van der Waals surface area contributed by atoms with Gasteiger partial charge in [-0.2, -0.15) is 0 Å². The van der Waals surface area contributed by atoms with Crippen molar-refractivity contribution in [2.24, 2.45) is 0 Å². The van der Waals surface area contributed by atoms with Gasteiger partial charge in [0.15, 0.2) is 0 Å². The van der Waals surface area contributed by atoms with Gasteiger partial charge in [-0.05, 0) is 25.5 Å². The van der Waals surface area contributed by atoms with Crippen LogP contribution in [0.15, 0.2) is 29.2 Å². The summed E-state index contributed by atoms with van der Waals surface area (Å²) in [4.78, 5) is -0.168. The van der Waals surface area contributed by atoms with Crippen LogP contribution in [0.3, 0.4) is 0 Å². The van der Waals surface area contributed by atoms with Crippen LogP contribution in [0.2, 0.25) is 0 Å². The number of hydrogen-bond donors (Lipinski definition) is 1. The molecule has 3 nitrogen and oxygen atoms in total. The van der Waals surface area contributed by atoms with Crippen molar-refractivity contribution in [1.29, 1.82) is 0 Å². The molecular weight excluding hydrogens is 242 g/mol. The standard InChI is InChI=1S/C8H10BF3NO2S/c1-7-2-4-8(5-3-7)16(14,15)13-6-9(10,11)12/h2-5,13H,6H2,1H3/q-1. The molecule has 0 spiro atoms. The zero-order chi connectivity index (χ0) is 12.4.